The molecule has 0 fully saturated rings. The normalized spacial score (nSPS) is 24.5. The van der Waals surface area contributed by atoms with Gasteiger partial charge in [-0.2, -0.15) is 0 Å². The second-order valence-corrected chi connectivity index (χ2v) is 13.6. The quantitative estimate of drug-likeness (QED) is 0.144. The van der Waals surface area contributed by atoms with Gasteiger partial charge in [0.05, 0.1) is 17.0 Å². The van der Waals surface area contributed by atoms with E-state index in [0.717, 1.165) is 22.9 Å². The Morgan fingerprint density at radius 2 is 1.57 bits per heavy atom. The average Bonchev–Trinajstić information content (AvgIpc) is 3.43. The van der Waals surface area contributed by atoms with Crippen molar-refractivity contribution in [3.63, 3.8) is 0 Å². The van der Waals surface area contributed by atoms with Gasteiger partial charge in [0.2, 0.25) is 0 Å². The summed E-state index contributed by atoms with van der Waals surface area (Å²) in [4.78, 5) is 0. The molecule has 4 atom stereocenters. The summed E-state index contributed by atoms with van der Waals surface area (Å²) in [6.07, 6.45) is 6.67. The van der Waals surface area contributed by atoms with Gasteiger partial charge in [0.15, 0.2) is 0 Å². The van der Waals surface area contributed by atoms with Crippen LogP contribution in [0.4, 0.5) is 0 Å². The minimum absolute atomic E-state index is 0.0636. The Bertz CT molecular complexity index is 2220. The summed E-state index contributed by atoms with van der Waals surface area (Å²) in [5.74, 6) is -0.115. The van der Waals surface area contributed by atoms with Crippen molar-refractivity contribution in [1.82, 2.24) is 0 Å². The van der Waals surface area contributed by atoms with E-state index >= 15 is 0 Å². The maximum atomic E-state index is 11.8. The molecular formula is C39H32O8. The largest absolute Gasteiger partial charge is 0.508 e. The summed E-state index contributed by atoms with van der Waals surface area (Å²) >= 11 is 0. The third-order valence-electron chi connectivity index (χ3n) is 9.99. The van der Waals surface area contributed by atoms with Gasteiger partial charge in [0.1, 0.15) is 57.2 Å². The first-order valence-corrected chi connectivity index (χ1v) is 15.7. The second kappa shape index (κ2) is 9.28. The molecule has 1 aromatic heterocycles. The maximum Gasteiger partial charge on any atom is 0.285 e. The lowest BCUT2D eigenvalue weighted by Gasteiger charge is -2.55. The number of hydrogen-bond donors (Lipinski definition) is 4. The van der Waals surface area contributed by atoms with Crippen molar-refractivity contribution >= 4 is 17.0 Å². The third-order valence-corrected chi connectivity index (χ3v) is 9.99. The van der Waals surface area contributed by atoms with Crippen molar-refractivity contribution in [3.05, 3.63) is 107 Å². The number of benzene rings is 4. The molecule has 0 spiro atoms. The Kier molecular flexibility index (Phi) is 5.49. The maximum absolute atomic E-state index is 11.8. The number of ether oxygens (including phenoxy) is 3. The number of allylic oxidation sites excluding steroid dienone is 2. The fourth-order valence-electron chi connectivity index (χ4n) is 8.01. The lowest BCUT2D eigenvalue weighted by molar-refractivity contribution is -0.198. The van der Waals surface area contributed by atoms with Crippen LogP contribution >= 0.6 is 0 Å². The molecule has 1 aliphatic carbocycles. The van der Waals surface area contributed by atoms with Crippen LogP contribution in [0.15, 0.2) is 88.9 Å². The minimum Gasteiger partial charge on any atom is -0.508 e. The molecule has 0 saturated heterocycles. The predicted molar refractivity (Wildman–Crippen MR) is 175 cm³/mol. The molecule has 0 radical (unpaired) electrons. The van der Waals surface area contributed by atoms with Crippen LogP contribution in [-0.2, 0) is 5.79 Å². The fourth-order valence-corrected chi connectivity index (χ4v) is 8.01. The van der Waals surface area contributed by atoms with E-state index in [-0.39, 0.29) is 40.8 Å². The molecule has 0 amide bonds. The zero-order valence-electron chi connectivity index (χ0n) is 25.9. The topological polar surface area (TPSA) is 122 Å². The van der Waals surface area contributed by atoms with E-state index in [9.17, 15) is 20.4 Å². The monoisotopic (exact) mass is 628 g/mol. The molecule has 0 unspecified atom stereocenters. The van der Waals surface area contributed by atoms with Crippen LogP contribution in [0.3, 0.4) is 0 Å². The van der Waals surface area contributed by atoms with E-state index in [1.807, 2.05) is 44.2 Å². The molecule has 4 N–H and O–H groups in total. The molecular weight excluding hydrogens is 596 g/mol. The number of fused-ring (bicyclic) bond motifs is 6. The number of hydrogen-bond acceptors (Lipinski definition) is 8. The lowest BCUT2D eigenvalue weighted by atomic mass is 9.61. The van der Waals surface area contributed by atoms with Crippen molar-refractivity contribution in [2.45, 2.75) is 50.4 Å². The van der Waals surface area contributed by atoms with E-state index in [0.29, 0.717) is 50.8 Å². The molecule has 5 aromatic rings. The van der Waals surface area contributed by atoms with E-state index in [1.165, 1.54) is 0 Å². The van der Waals surface area contributed by atoms with Gasteiger partial charge in [-0.25, -0.2) is 0 Å². The minimum atomic E-state index is -1.48. The smallest absolute Gasteiger partial charge is 0.285 e. The van der Waals surface area contributed by atoms with Crippen LogP contribution in [-0.4, -0.2) is 26.0 Å². The molecule has 0 bridgehead atoms. The Morgan fingerprint density at radius 1 is 0.787 bits per heavy atom. The lowest BCUT2D eigenvalue weighted by Crippen LogP contribution is -2.56. The molecule has 4 heterocycles. The van der Waals surface area contributed by atoms with Crippen molar-refractivity contribution in [2.24, 2.45) is 5.92 Å². The summed E-state index contributed by atoms with van der Waals surface area (Å²) in [5, 5.41) is 44.1. The van der Waals surface area contributed by atoms with Gasteiger partial charge in [-0.15, -0.1) is 0 Å². The first-order chi connectivity index (χ1) is 22.5. The Balaban J connectivity index is 1.32. The molecule has 4 aromatic carbocycles. The predicted octanol–water partition coefficient (Wildman–Crippen LogP) is 8.58. The van der Waals surface area contributed by atoms with E-state index in [4.69, 9.17) is 18.6 Å². The summed E-state index contributed by atoms with van der Waals surface area (Å²) in [6, 6.07) is 18.9. The van der Waals surface area contributed by atoms with Gasteiger partial charge >= 0.3 is 0 Å². The first kappa shape index (κ1) is 27.8. The second-order valence-electron chi connectivity index (χ2n) is 13.6. The van der Waals surface area contributed by atoms with Crippen molar-refractivity contribution in [3.8, 4) is 51.6 Å². The summed E-state index contributed by atoms with van der Waals surface area (Å²) in [5.41, 5.74) is 4.29. The Hall–Kier alpha value is -5.50. The number of phenolic OH excluding ortho intramolecular Hbond substituents is 4. The zero-order chi connectivity index (χ0) is 32.4. The number of aromatic hydroxyl groups is 4. The molecule has 4 aliphatic rings. The van der Waals surface area contributed by atoms with Gasteiger partial charge in [0, 0.05) is 40.5 Å². The van der Waals surface area contributed by atoms with Crippen LogP contribution < -0.4 is 14.2 Å². The summed E-state index contributed by atoms with van der Waals surface area (Å²) < 4.78 is 26.8. The SMILES string of the molecule is CC1=C[C@@H]2c3c(O)cc(-c4cc5ccc(O)cc5o4)cc3O[C@@]3(c4ccc(O)c5c4OC(C)(C)C=C5)Oc4cc(O)ccc4[C@H](C1)[C@@H]23. The molecule has 3 aliphatic heterocycles. The zero-order valence-corrected chi connectivity index (χ0v) is 25.9. The Morgan fingerprint density at radius 3 is 2.43 bits per heavy atom. The third kappa shape index (κ3) is 4.00. The average molecular weight is 629 g/mol. The van der Waals surface area contributed by atoms with Gasteiger partial charge < -0.3 is 39.1 Å². The highest BCUT2D eigenvalue weighted by atomic mass is 16.7. The highest BCUT2D eigenvalue weighted by Gasteiger charge is 2.62. The van der Waals surface area contributed by atoms with Crippen molar-refractivity contribution in [1.29, 1.82) is 0 Å². The van der Waals surface area contributed by atoms with E-state index in [2.05, 4.69) is 13.0 Å². The molecule has 236 valence electrons. The Labute approximate surface area is 270 Å². The summed E-state index contributed by atoms with van der Waals surface area (Å²) in [6.45, 7) is 5.98. The molecule has 8 nitrogen and oxygen atoms in total. The molecule has 9 rings (SSSR count). The number of furan rings is 1. The van der Waals surface area contributed by atoms with Crippen LogP contribution in [0.5, 0.6) is 40.2 Å². The standard InChI is InChI=1S/C39H32O8/c1-19-12-26-24-7-6-23(41)18-33(24)45-39(28-8-9-29(42)25-10-11-38(2,3)47-37(25)28)36(26)27(13-19)35-30(43)14-21(16-34(35)46-39)31-15-20-4-5-22(40)17-32(20)44-31/h4-11,13-18,26-27,36,40-43H,12H2,1-3H3/t26-,27+,36-,39+/m0/s1. The van der Waals surface area contributed by atoms with Crippen molar-refractivity contribution < 1.29 is 39.1 Å². The molecule has 0 saturated carbocycles. The fraction of sp³-hybridized carbons (Fsp3) is 0.231. The molecule has 47 heavy (non-hydrogen) atoms. The van der Waals surface area contributed by atoms with Crippen LogP contribution in [0.25, 0.3) is 28.4 Å². The van der Waals surface area contributed by atoms with Gasteiger partial charge in [0.25, 0.3) is 5.79 Å². The van der Waals surface area contributed by atoms with Gasteiger partial charge in [-0.1, -0.05) is 17.7 Å². The summed E-state index contributed by atoms with van der Waals surface area (Å²) in [7, 11) is 0. The first-order valence-electron chi connectivity index (χ1n) is 15.7. The van der Waals surface area contributed by atoms with Gasteiger partial charge in [-0.05, 0) is 93.4 Å². The van der Waals surface area contributed by atoms with Crippen molar-refractivity contribution in [2.75, 3.05) is 0 Å². The highest BCUT2D eigenvalue weighted by Crippen LogP contribution is 2.66. The van der Waals surface area contributed by atoms with Crippen LogP contribution in [0.2, 0.25) is 0 Å². The number of phenols is 4. The highest BCUT2D eigenvalue weighted by molar-refractivity contribution is 5.84. The van der Waals surface area contributed by atoms with E-state index in [1.54, 1.807) is 48.5 Å². The molecule has 8 heteroatoms. The van der Waals surface area contributed by atoms with Crippen LogP contribution in [0.1, 0.15) is 61.3 Å². The number of rotatable bonds is 2. The van der Waals surface area contributed by atoms with E-state index < -0.39 is 11.4 Å². The van der Waals surface area contributed by atoms with Gasteiger partial charge in [-0.3, -0.25) is 0 Å². The van der Waals surface area contributed by atoms with Crippen LogP contribution in [0, 0.1) is 5.92 Å².